The van der Waals surface area contributed by atoms with E-state index in [2.05, 4.69) is 0 Å². The molecule has 2 aromatic carbocycles. The second-order valence-electron chi connectivity index (χ2n) is 6.41. The summed E-state index contributed by atoms with van der Waals surface area (Å²) in [6.45, 7) is 2.06. The Balaban J connectivity index is 1.96. The molecule has 0 radical (unpaired) electrons. The molecule has 1 N–H and O–H groups in total. The van der Waals surface area contributed by atoms with Crippen LogP contribution in [0.5, 0.6) is 0 Å². The molecule has 1 aliphatic heterocycles. The molecule has 1 heterocycles. The highest BCUT2D eigenvalue weighted by atomic mass is 19.4. The zero-order valence-electron chi connectivity index (χ0n) is 15.3. The summed E-state index contributed by atoms with van der Waals surface area (Å²) in [7, 11) is 0. The van der Waals surface area contributed by atoms with E-state index in [1.54, 1.807) is 11.8 Å². The van der Waals surface area contributed by atoms with Crippen LogP contribution in [0.2, 0.25) is 0 Å². The molecule has 0 aliphatic carbocycles. The van der Waals surface area contributed by atoms with Crippen molar-refractivity contribution in [1.29, 1.82) is 0 Å². The maximum absolute atomic E-state index is 12.9. The van der Waals surface area contributed by atoms with Crippen LogP contribution in [-0.2, 0) is 15.7 Å². The fraction of sp³-hybridized carbons (Fsp3) is 0.350. The highest BCUT2D eigenvalue weighted by Crippen LogP contribution is 2.40. The minimum atomic E-state index is -4.40. The van der Waals surface area contributed by atoms with E-state index in [0.717, 1.165) is 17.8 Å². The number of hydrogen-bond acceptors (Lipinski definition) is 5. The number of ether oxygens (including phenoxy) is 1. The summed E-state index contributed by atoms with van der Waals surface area (Å²) in [5, 5.41) is 9.88. The van der Waals surface area contributed by atoms with Crippen LogP contribution in [0.15, 0.2) is 48.5 Å². The first-order chi connectivity index (χ1) is 13.3. The highest BCUT2D eigenvalue weighted by Gasteiger charge is 2.34. The molecule has 0 saturated heterocycles. The van der Waals surface area contributed by atoms with Crippen molar-refractivity contribution < 1.29 is 27.8 Å². The smallest absolute Gasteiger partial charge is 0.416 e. The molecule has 0 fully saturated rings. The summed E-state index contributed by atoms with van der Waals surface area (Å²) in [5.74, 6) is -0.404. The van der Waals surface area contributed by atoms with Gasteiger partial charge in [-0.05, 0) is 43.3 Å². The zero-order valence-corrected chi connectivity index (χ0v) is 15.3. The summed E-state index contributed by atoms with van der Waals surface area (Å²) in [4.78, 5) is 15.6. The monoisotopic (exact) mass is 394 g/mol. The van der Waals surface area contributed by atoms with Gasteiger partial charge in [0.1, 0.15) is 6.54 Å². The van der Waals surface area contributed by atoms with Gasteiger partial charge in [0.2, 0.25) is 0 Å². The number of benzene rings is 2. The van der Waals surface area contributed by atoms with Crippen molar-refractivity contribution >= 4 is 23.0 Å². The second kappa shape index (κ2) is 8.10. The number of carbonyl (C=O) groups is 1. The molecule has 1 aliphatic rings. The number of anilines is 3. The Kier molecular flexibility index (Phi) is 5.79. The van der Waals surface area contributed by atoms with Crippen molar-refractivity contribution in [2.45, 2.75) is 19.1 Å². The Morgan fingerprint density at radius 3 is 2.36 bits per heavy atom. The number of carbonyl (C=O) groups excluding carboxylic acids is 1. The zero-order chi connectivity index (χ0) is 20.3. The molecule has 0 spiro atoms. The molecule has 8 heteroatoms. The third kappa shape index (κ3) is 4.06. The van der Waals surface area contributed by atoms with Gasteiger partial charge in [0.15, 0.2) is 0 Å². The van der Waals surface area contributed by atoms with Gasteiger partial charge in [-0.2, -0.15) is 13.2 Å². The topological polar surface area (TPSA) is 53.0 Å². The van der Waals surface area contributed by atoms with Gasteiger partial charge in [-0.3, -0.25) is 4.79 Å². The molecular formula is C20H21F3N2O3. The molecule has 1 unspecified atom stereocenters. The summed E-state index contributed by atoms with van der Waals surface area (Å²) >= 11 is 0. The van der Waals surface area contributed by atoms with Crippen molar-refractivity contribution in [2.24, 2.45) is 0 Å². The van der Waals surface area contributed by atoms with Gasteiger partial charge in [0, 0.05) is 12.2 Å². The summed E-state index contributed by atoms with van der Waals surface area (Å²) in [5.41, 5.74) is 1.32. The van der Waals surface area contributed by atoms with E-state index in [4.69, 9.17) is 4.74 Å². The largest absolute Gasteiger partial charge is 0.465 e. The minimum Gasteiger partial charge on any atom is -0.465 e. The highest BCUT2D eigenvalue weighted by molar-refractivity contribution is 5.84. The fourth-order valence-electron chi connectivity index (χ4n) is 3.33. The normalized spacial score (nSPS) is 16.7. The van der Waals surface area contributed by atoms with E-state index in [1.807, 2.05) is 29.2 Å². The van der Waals surface area contributed by atoms with Gasteiger partial charge >= 0.3 is 12.1 Å². The first kappa shape index (κ1) is 20.0. The molecule has 150 valence electrons. The molecule has 1 atom stereocenters. The van der Waals surface area contributed by atoms with E-state index in [0.29, 0.717) is 17.9 Å². The first-order valence-electron chi connectivity index (χ1n) is 8.92. The molecule has 3 rings (SSSR count). The summed E-state index contributed by atoms with van der Waals surface area (Å²) < 4.78 is 43.6. The van der Waals surface area contributed by atoms with Crippen molar-refractivity contribution in [2.75, 3.05) is 36.1 Å². The predicted molar refractivity (Wildman–Crippen MR) is 99.7 cm³/mol. The van der Waals surface area contributed by atoms with Crippen LogP contribution in [0.1, 0.15) is 12.5 Å². The van der Waals surface area contributed by atoms with E-state index < -0.39 is 23.8 Å². The number of aliphatic hydroxyl groups excluding tert-OH is 1. The summed E-state index contributed by atoms with van der Waals surface area (Å²) in [6, 6.07) is 11.8. The minimum absolute atomic E-state index is 0.0169. The summed E-state index contributed by atoms with van der Waals surface area (Å²) in [6.07, 6.45) is -4.40. The molecule has 5 nitrogen and oxygen atoms in total. The number of nitrogens with zero attached hydrogens (tertiary/aromatic N) is 2. The Hall–Kier alpha value is -2.74. The molecule has 0 aromatic heterocycles. The average molecular weight is 394 g/mol. The van der Waals surface area contributed by atoms with E-state index in [9.17, 15) is 23.1 Å². The molecule has 0 saturated carbocycles. The third-order valence-electron chi connectivity index (χ3n) is 4.64. The SMILES string of the molecule is CCOC(=O)CN1c2ccccc2N(c2ccc(C(F)(F)F)cc2)CC1CO. The van der Waals surface area contributed by atoms with Gasteiger partial charge < -0.3 is 19.6 Å². The van der Waals surface area contributed by atoms with Crippen molar-refractivity contribution in [3.05, 3.63) is 54.1 Å². The Bertz CT molecular complexity index is 824. The molecule has 0 amide bonds. The average Bonchev–Trinajstić information content (AvgIpc) is 2.68. The van der Waals surface area contributed by atoms with Crippen LogP contribution in [0.25, 0.3) is 0 Å². The van der Waals surface area contributed by atoms with Crippen molar-refractivity contribution in [3.63, 3.8) is 0 Å². The fourth-order valence-corrected chi connectivity index (χ4v) is 3.33. The van der Waals surface area contributed by atoms with Crippen LogP contribution in [0.4, 0.5) is 30.2 Å². The second-order valence-corrected chi connectivity index (χ2v) is 6.41. The Morgan fingerprint density at radius 1 is 1.14 bits per heavy atom. The lowest BCUT2D eigenvalue weighted by atomic mass is 10.1. The van der Waals surface area contributed by atoms with E-state index >= 15 is 0 Å². The standard InChI is InChI=1S/C20H21F3N2O3/c1-2-28-19(27)12-25-16(13-26)11-24(17-5-3-4-6-18(17)25)15-9-7-14(8-10-15)20(21,22)23/h3-10,16,26H,2,11-13H2,1H3. The van der Waals surface area contributed by atoms with Crippen molar-refractivity contribution in [1.82, 2.24) is 0 Å². The predicted octanol–water partition coefficient (Wildman–Crippen LogP) is 3.59. The lowest BCUT2D eigenvalue weighted by Gasteiger charge is -2.43. The molecule has 2 aromatic rings. The van der Waals surface area contributed by atoms with Gasteiger partial charge in [-0.1, -0.05) is 12.1 Å². The van der Waals surface area contributed by atoms with Crippen LogP contribution >= 0.6 is 0 Å². The quantitative estimate of drug-likeness (QED) is 0.786. The number of para-hydroxylation sites is 2. The Labute approximate surface area is 160 Å². The van der Waals surface area contributed by atoms with Gasteiger partial charge in [0.05, 0.1) is 36.2 Å². The number of alkyl halides is 3. The number of aliphatic hydroxyl groups is 1. The lowest BCUT2D eigenvalue weighted by Crippen LogP contribution is -2.51. The van der Waals surface area contributed by atoms with Crippen LogP contribution in [0.3, 0.4) is 0 Å². The van der Waals surface area contributed by atoms with Gasteiger partial charge in [-0.15, -0.1) is 0 Å². The lowest BCUT2D eigenvalue weighted by molar-refractivity contribution is -0.141. The molecule has 28 heavy (non-hydrogen) atoms. The van der Waals surface area contributed by atoms with Crippen LogP contribution in [-0.4, -0.2) is 43.4 Å². The number of fused-ring (bicyclic) bond motifs is 1. The van der Waals surface area contributed by atoms with E-state index in [-0.39, 0.29) is 19.8 Å². The number of halogens is 3. The van der Waals surface area contributed by atoms with Gasteiger partial charge in [0.25, 0.3) is 0 Å². The molecular weight excluding hydrogens is 373 g/mol. The molecule has 0 bridgehead atoms. The third-order valence-corrected chi connectivity index (χ3v) is 4.64. The van der Waals surface area contributed by atoms with Gasteiger partial charge in [-0.25, -0.2) is 0 Å². The maximum atomic E-state index is 12.9. The van der Waals surface area contributed by atoms with E-state index in [1.165, 1.54) is 12.1 Å². The maximum Gasteiger partial charge on any atom is 0.416 e. The Morgan fingerprint density at radius 2 is 1.79 bits per heavy atom. The first-order valence-corrected chi connectivity index (χ1v) is 8.92. The number of esters is 1. The van der Waals surface area contributed by atoms with Crippen LogP contribution < -0.4 is 9.80 Å². The number of hydrogen-bond donors (Lipinski definition) is 1. The number of rotatable bonds is 5. The van der Waals surface area contributed by atoms with Crippen molar-refractivity contribution in [3.8, 4) is 0 Å². The van der Waals surface area contributed by atoms with Crippen LogP contribution in [0, 0.1) is 0 Å².